The molecule has 108 valence electrons. The van der Waals surface area contributed by atoms with Crippen LogP contribution < -0.4 is 5.32 Å². The Morgan fingerprint density at radius 2 is 2.21 bits per heavy atom. The standard InChI is InChI=1S/C13H25N5S/c1-4-8-14-12(10(3)5-2)9-19-13-15-16-17-18(13)11-6-7-11/h10-12,14H,4-9H2,1-3H3. The van der Waals surface area contributed by atoms with Crippen molar-refractivity contribution in [1.29, 1.82) is 0 Å². The van der Waals surface area contributed by atoms with Crippen molar-refractivity contribution in [3.63, 3.8) is 0 Å². The van der Waals surface area contributed by atoms with Crippen molar-refractivity contribution in [2.45, 2.75) is 63.7 Å². The van der Waals surface area contributed by atoms with Gasteiger partial charge < -0.3 is 5.32 Å². The van der Waals surface area contributed by atoms with E-state index in [2.05, 4.69) is 41.6 Å². The van der Waals surface area contributed by atoms with E-state index in [1.54, 1.807) is 11.8 Å². The molecule has 0 aliphatic heterocycles. The average molecular weight is 283 g/mol. The van der Waals surface area contributed by atoms with Gasteiger partial charge in [-0.25, -0.2) is 4.68 Å². The van der Waals surface area contributed by atoms with Crippen molar-refractivity contribution in [1.82, 2.24) is 25.5 Å². The van der Waals surface area contributed by atoms with Crippen LogP contribution in [-0.2, 0) is 0 Å². The molecule has 2 rings (SSSR count). The lowest BCUT2D eigenvalue weighted by atomic mass is 10.0. The van der Waals surface area contributed by atoms with Crippen molar-refractivity contribution in [3.8, 4) is 0 Å². The summed E-state index contributed by atoms with van der Waals surface area (Å²) in [6, 6.07) is 1.10. The van der Waals surface area contributed by atoms with Crippen molar-refractivity contribution >= 4 is 11.8 Å². The maximum Gasteiger partial charge on any atom is 0.209 e. The molecule has 1 fully saturated rings. The number of hydrogen-bond acceptors (Lipinski definition) is 5. The maximum absolute atomic E-state index is 4.15. The summed E-state index contributed by atoms with van der Waals surface area (Å²) in [4.78, 5) is 0. The van der Waals surface area contributed by atoms with Crippen molar-refractivity contribution in [3.05, 3.63) is 0 Å². The first kappa shape index (κ1) is 14.8. The minimum atomic E-state index is 0.541. The van der Waals surface area contributed by atoms with Crippen LogP contribution in [0.3, 0.4) is 0 Å². The highest BCUT2D eigenvalue weighted by atomic mass is 32.2. The smallest absolute Gasteiger partial charge is 0.209 e. The van der Waals surface area contributed by atoms with Crippen LogP contribution in [0.1, 0.15) is 52.5 Å². The molecule has 1 aromatic rings. The summed E-state index contributed by atoms with van der Waals surface area (Å²) >= 11 is 1.79. The monoisotopic (exact) mass is 283 g/mol. The number of tetrazole rings is 1. The zero-order chi connectivity index (χ0) is 13.7. The fourth-order valence-corrected chi connectivity index (χ4v) is 3.22. The van der Waals surface area contributed by atoms with Crippen LogP contribution in [0.25, 0.3) is 0 Å². The molecule has 0 spiro atoms. The summed E-state index contributed by atoms with van der Waals surface area (Å²) in [5.74, 6) is 1.73. The van der Waals surface area contributed by atoms with Gasteiger partial charge in [-0.05, 0) is 42.2 Å². The third kappa shape index (κ3) is 4.18. The predicted octanol–water partition coefficient (Wildman–Crippen LogP) is 2.51. The second-order valence-corrected chi connectivity index (χ2v) is 6.38. The lowest BCUT2D eigenvalue weighted by molar-refractivity contribution is 0.396. The second kappa shape index (κ2) is 7.24. The number of rotatable bonds is 9. The van der Waals surface area contributed by atoms with E-state index in [-0.39, 0.29) is 0 Å². The Kier molecular flexibility index (Phi) is 5.63. The van der Waals surface area contributed by atoms with E-state index in [9.17, 15) is 0 Å². The molecule has 6 heteroatoms. The quantitative estimate of drug-likeness (QED) is 0.706. The largest absolute Gasteiger partial charge is 0.313 e. The fraction of sp³-hybridized carbons (Fsp3) is 0.923. The zero-order valence-electron chi connectivity index (χ0n) is 12.2. The molecule has 1 saturated carbocycles. The molecule has 0 amide bonds. The van der Waals surface area contributed by atoms with Gasteiger partial charge in [0.2, 0.25) is 5.16 Å². The molecule has 0 radical (unpaired) electrons. The molecule has 0 saturated heterocycles. The predicted molar refractivity (Wildman–Crippen MR) is 78.3 cm³/mol. The lowest BCUT2D eigenvalue weighted by Crippen LogP contribution is -2.37. The normalized spacial score (nSPS) is 18.5. The van der Waals surface area contributed by atoms with Gasteiger partial charge in [-0.2, -0.15) is 0 Å². The van der Waals surface area contributed by atoms with E-state index >= 15 is 0 Å². The zero-order valence-corrected chi connectivity index (χ0v) is 13.0. The fourth-order valence-electron chi connectivity index (χ4n) is 2.03. The van der Waals surface area contributed by atoms with Crippen molar-refractivity contribution in [2.75, 3.05) is 12.3 Å². The second-order valence-electron chi connectivity index (χ2n) is 5.39. The van der Waals surface area contributed by atoms with Crippen LogP contribution in [0.2, 0.25) is 0 Å². The van der Waals surface area contributed by atoms with Crippen molar-refractivity contribution < 1.29 is 0 Å². The highest BCUT2D eigenvalue weighted by Gasteiger charge is 2.28. The van der Waals surface area contributed by atoms with Crippen LogP contribution in [0.5, 0.6) is 0 Å². The van der Waals surface area contributed by atoms with Gasteiger partial charge in [0.1, 0.15) is 0 Å². The molecular weight excluding hydrogens is 258 g/mol. The first-order valence-corrected chi connectivity index (χ1v) is 8.38. The number of aromatic nitrogens is 4. The topological polar surface area (TPSA) is 55.6 Å². The summed E-state index contributed by atoms with van der Waals surface area (Å²) in [6.07, 6.45) is 4.83. The number of nitrogens with one attached hydrogen (secondary N) is 1. The van der Waals surface area contributed by atoms with Crippen molar-refractivity contribution in [2.24, 2.45) is 5.92 Å². The van der Waals surface area contributed by atoms with Gasteiger partial charge in [-0.1, -0.05) is 39.0 Å². The minimum absolute atomic E-state index is 0.541. The average Bonchev–Trinajstić information content (AvgIpc) is 3.17. The molecule has 1 N–H and O–H groups in total. The van der Waals surface area contributed by atoms with Gasteiger partial charge in [0.25, 0.3) is 0 Å². The summed E-state index contributed by atoms with van der Waals surface area (Å²) in [6.45, 7) is 7.87. The van der Waals surface area contributed by atoms with Gasteiger partial charge >= 0.3 is 0 Å². The van der Waals surface area contributed by atoms with Crippen LogP contribution in [0.4, 0.5) is 0 Å². The summed E-state index contributed by atoms with van der Waals surface area (Å²) in [7, 11) is 0. The Hall–Kier alpha value is -0.620. The van der Waals surface area contributed by atoms with Crippen LogP contribution in [-0.4, -0.2) is 38.5 Å². The van der Waals surface area contributed by atoms with E-state index in [0.29, 0.717) is 18.0 Å². The van der Waals surface area contributed by atoms with E-state index in [0.717, 1.165) is 17.5 Å². The van der Waals surface area contributed by atoms with E-state index < -0.39 is 0 Å². The van der Waals surface area contributed by atoms with Crippen LogP contribution in [0, 0.1) is 5.92 Å². The molecule has 1 aliphatic carbocycles. The molecule has 2 unspecified atom stereocenters. The highest BCUT2D eigenvalue weighted by Crippen LogP contribution is 2.36. The number of hydrogen-bond donors (Lipinski definition) is 1. The molecular formula is C13H25N5S. The molecule has 1 heterocycles. The Bertz CT molecular complexity index is 377. The third-order valence-electron chi connectivity index (χ3n) is 3.73. The molecule has 19 heavy (non-hydrogen) atoms. The van der Waals surface area contributed by atoms with Gasteiger partial charge in [-0.3, -0.25) is 0 Å². The summed E-state index contributed by atoms with van der Waals surface area (Å²) in [5, 5.41) is 16.7. The Labute approximate surface area is 119 Å². The highest BCUT2D eigenvalue weighted by molar-refractivity contribution is 7.99. The molecule has 1 aromatic heterocycles. The van der Waals surface area contributed by atoms with E-state index in [1.807, 2.05) is 4.68 Å². The van der Waals surface area contributed by atoms with Gasteiger partial charge in [0.05, 0.1) is 6.04 Å². The lowest BCUT2D eigenvalue weighted by Gasteiger charge is -2.23. The number of nitrogens with zero attached hydrogens (tertiary/aromatic N) is 4. The van der Waals surface area contributed by atoms with E-state index in [1.165, 1.54) is 25.7 Å². The Balaban J connectivity index is 1.87. The number of thioether (sulfide) groups is 1. The molecule has 5 nitrogen and oxygen atoms in total. The first-order valence-electron chi connectivity index (χ1n) is 7.40. The van der Waals surface area contributed by atoms with Gasteiger partial charge in [0.15, 0.2) is 0 Å². The van der Waals surface area contributed by atoms with Gasteiger partial charge in [-0.15, -0.1) is 5.10 Å². The Morgan fingerprint density at radius 1 is 1.42 bits per heavy atom. The van der Waals surface area contributed by atoms with Crippen LogP contribution >= 0.6 is 11.8 Å². The SMILES string of the molecule is CCCNC(CSc1nnnn1C1CC1)C(C)CC. The first-order chi connectivity index (χ1) is 9.26. The van der Waals surface area contributed by atoms with E-state index in [4.69, 9.17) is 0 Å². The third-order valence-corrected chi connectivity index (χ3v) is 4.79. The molecule has 1 aliphatic rings. The maximum atomic E-state index is 4.15. The Morgan fingerprint density at radius 3 is 2.84 bits per heavy atom. The molecule has 2 atom stereocenters. The minimum Gasteiger partial charge on any atom is -0.313 e. The van der Waals surface area contributed by atoms with Gasteiger partial charge in [0, 0.05) is 11.8 Å². The molecule has 0 aromatic carbocycles. The summed E-state index contributed by atoms with van der Waals surface area (Å²) in [5.41, 5.74) is 0. The summed E-state index contributed by atoms with van der Waals surface area (Å²) < 4.78 is 2.00. The molecule has 0 bridgehead atoms. The van der Waals surface area contributed by atoms with Crippen LogP contribution in [0.15, 0.2) is 5.16 Å².